The minimum absolute atomic E-state index is 0.0765. The van der Waals surface area contributed by atoms with Crippen LogP contribution in [0.5, 0.6) is 0 Å². The highest BCUT2D eigenvalue weighted by Crippen LogP contribution is 2.40. The van der Waals surface area contributed by atoms with Crippen LogP contribution in [0.15, 0.2) is 54.9 Å². The molecule has 0 bridgehead atoms. The lowest BCUT2D eigenvalue weighted by atomic mass is 10.0. The predicted molar refractivity (Wildman–Crippen MR) is 100 cm³/mol. The molecule has 132 valence electrons. The van der Waals surface area contributed by atoms with Gasteiger partial charge >= 0.3 is 0 Å². The Morgan fingerprint density at radius 1 is 1.19 bits per heavy atom. The van der Waals surface area contributed by atoms with Crippen LogP contribution >= 0.6 is 0 Å². The van der Waals surface area contributed by atoms with E-state index < -0.39 is 0 Å². The lowest BCUT2D eigenvalue weighted by molar-refractivity contribution is 0.0925. The molecule has 3 aromatic rings. The molecule has 0 aliphatic carbocycles. The second-order valence-electron chi connectivity index (χ2n) is 6.11. The van der Waals surface area contributed by atoms with Crippen LogP contribution in [0.1, 0.15) is 16.2 Å². The number of hydrogen-bond donors (Lipinski definition) is 2. The number of hydrogen-bond acceptors (Lipinski definition) is 4. The Morgan fingerprint density at radius 3 is 2.69 bits per heavy atom. The van der Waals surface area contributed by atoms with Crippen molar-refractivity contribution in [3.05, 3.63) is 66.2 Å². The number of rotatable bonds is 5. The average molecular weight is 348 g/mol. The van der Waals surface area contributed by atoms with Gasteiger partial charge in [-0.3, -0.25) is 9.78 Å². The zero-order valence-electron chi connectivity index (χ0n) is 14.5. The minimum Gasteiger partial charge on any atom is -0.378 e. The highest BCUT2D eigenvalue weighted by molar-refractivity contribution is 6.04. The summed E-state index contributed by atoms with van der Waals surface area (Å²) in [5.74, 6) is -0.0765. The number of para-hydroxylation sites is 1. The van der Waals surface area contributed by atoms with E-state index in [0.717, 1.165) is 28.2 Å². The van der Waals surface area contributed by atoms with Gasteiger partial charge in [0.05, 0.1) is 18.0 Å². The van der Waals surface area contributed by atoms with Gasteiger partial charge in [-0.2, -0.15) is 0 Å². The molecule has 0 radical (unpaired) electrons. The Hall–Kier alpha value is -3.12. The molecule has 0 saturated heterocycles. The molecular formula is C20H20N4O2. The Morgan fingerprint density at radius 2 is 1.96 bits per heavy atom. The van der Waals surface area contributed by atoms with Crippen molar-refractivity contribution < 1.29 is 9.53 Å². The fourth-order valence-corrected chi connectivity index (χ4v) is 3.42. The molecule has 1 amide bonds. The third-order valence-electron chi connectivity index (χ3n) is 4.50. The van der Waals surface area contributed by atoms with Gasteiger partial charge in [-0.15, -0.1) is 0 Å². The number of pyridine rings is 1. The molecule has 0 spiro atoms. The number of anilines is 2. The second kappa shape index (κ2) is 7.01. The van der Waals surface area contributed by atoms with Gasteiger partial charge in [0.2, 0.25) is 0 Å². The predicted octanol–water partition coefficient (Wildman–Crippen LogP) is 3.18. The van der Waals surface area contributed by atoms with E-state index in [0.29, 0.717) is 25.4 Å². The molecule has 6 nitrogen and oxygen atoms in total. The summed E-state index contributed by atoms with van der Waals surface area (Å²) in [7, 11) is 1.67. The van der Waals surface area contributed by atoms with Crippen LogP contribution in [0, 0.1) is 0 Å². The molecule has 4 rings (SSSR count). The number of amides is 1. The summed E-state index contributed by atoms with van der Waals surface area (Å²) >= 11 is 0. The number of nitrogens with one attached hydrogen (secondary N) is 2. The highest BCUT2D eigenvalue weighted by atomic mass is 16.5. The summed E-state index contributed by atoms with van der Waals surface area (Å²) < 4.78 is 7.52. The van der Waals surface area contributed by atoms with E-state index in [1.807, 2.05) is 42.5 Å². The fourth-order valence-electron chi connectivity index (χ4n) is 3.42. The summed E-state index contributed by atoms with van der Waals surface area (Å²) in [4.78, 5) is 16.8. The van der Waals surface area contributed by atoms with Crippen LogP contribution in [0.25, 0.3) is 11.1 Å². The van der Waals surface area contributed by atoms with Crippen LogP contribution in [-0.4, -0.2) is 29.1 Å². The van der Waals surface area contributed by atoms with Crippen molar-refractivity contribution in [3.8, 4) is 11.1 Å². The summed E-state index contributed by atoms with van der Waals surface area (Å²) in [6.45, 7) is 1.75. The molecular weight excluding hydrogens is 328 g/mol. The van der Waals surface area contributed by atoms with Gasteiger partial charge < -0.3 is 19.9 Å². The number of ether oxygens (including phenoxy) is 1. The van der Waals surface area contributed by atoms with Crippen LogP contribution in [-0.2, 0) is 17.9 Å². The van der Waals surface area contributed by atoms with Crippen LogP contribution in [0.2, 0.25) is 0 Å². The molecule has 2 aromatic heterocycles. The van der Waals surface area contributed by atoms with Crippen molar-refractivity contribution in [1.82, 2.24) is 14.9 Å². The molecule has 1 aliphatic rings. The van der Waals surface area contributed by atoms with Gasteiger partial charge in [0, 0.05) is 43.8 Å². The first-order valence-corrected chi connectivity index (χ1v) is 8.54. The maximum Gasteiger partial charge on any atom is 0.270 e. The molecule has 6 heteroatoms. The molecule has 26 heavy (non-hydrogen) atoms. The topological polar surface area (TPSA) is 68.2 Å². The van der Waals surface area contributed by atoms with Crippen LogP contribution in [0.3, 0.4) is 0 Å². The van der Waals surface area contributed by atoms with Gasteiger partial charge in [-0.05, 0) is 29.8 Å². The Bertz CT molecular complexity index is 920. The monoisotopic (exact) mass is 348 g/mol. The van der Waals surface area contributed by atoms with E-state index in [2.05, 4.69) is 20.2 Å². The Balaban J connectivity index is 1.96. The SMILES string of the molecule is COCc1c(-c2ccncc2)c(Nc2ccccc2)c2n1CCNC2=O. The summed E-state index contributed by atoms with van der Waals surface area (Å²) in [6.07, 6.45) is 3.52. The molecule has 1 aliphatic heterocycles. The zero-order chi connectivity index (χ0) is 17.9. The van der Waals surface area contributed by atoms with Crippen molar-refractivity contribution >= 4 is 17.3 Å². The number of methoxy groups -OCH3 is 1. The van der Waals surface area contributed by atoms with Crippen molar-refractivity contribution in [1.29, 1.82) is 0 Å². The fraction of sp³-hybridized carbons (Fsp3) is 0.200. The van der Waals surface area contributed by atoms with E-state index >= 15 is 0 Å². The standard InChI is InChI=1S/C20H20N4O2/c1-26-13-16-17(14-7-9-21-10-8-14)18(23-15-5-3-2-4-6-15)19-20(25)22-11-12-24(16)19/h2-10,23H,11-13H2,1H3,(H,22,25). The zero-order valence-corrected chi connectivity index (χ0v) is 14.5. The van der Waals surface area contributed by atoms with E-state index in [1.54, 1.807) is 19.5 Å². The summed E-state index contributed by atoms with van der Waals surface area (Å²) in [5.41, 5.74) is 5.33. The van der Waals surface area contributed by atoms with Gasteiger partial charge in [-0.25, -0.2) is 0 Å². The van der Waals surface area contributed by atoms with Gasteiger partial charge in [0.15, 0.2) is 0 Å². The molecule has 0 unspecified atom stereocenters. The van der Waals surface area contributed by atoms with Crippen LogP contribution < -0.4 is 10.6 Å². The lowest BCUT2D eigenvalue weighted by Gasteiger charge is -2.19. The van der Waals surface area contributed by atoms with Crippen molar-refractivity contribution in [2.24, 2.45) is 0 Å². The number of benzene rings is 1. The Kier molecular flexibility index (Phi) is 4.41. The molecule has 0 fully saturated rings. The van der Waals surface area contributed by atoms with E-state index in [-0.39, 0.29) is 5.91 Å². The van der Waals surface area contributed by atoms with Crippen molar-refractivity contribution in [3.63, 3.8) is 0 Å². The van der Waals surface area contributed by atoms with Crippen molar-refractivity contribution in [2.45, 2.75) is 13.2 Å². The van der Waals surface area contributed by atoms with Gasteiger partial charge in [0.25, 0.3) is 5.91 Å². The van der Waals surface area contributed by atoms with E-state index in [9.17, 15) is 4.79 Å². The third-order valence-corrected chi connectivity index (χ3v) is 4.50. The van der Waals surface area contributed by atoms with Gasteiger partial charge in [0.1, 0.15) is 5.69 Å². The summed E-state index contributed by atoms with van der Waals surface area (Å²) in [6, 6.07) is 13.8. The first kappa shape index (κ1) is 16.4. The quantitative estimate of drug-likeness (QED) is 0.743. The van der Waals surface area contributed by atoms with Crippen molar-refractivity contribution in [2.75, 3.05) is 19.0 Å². The van der Waals surface area contributed by atoms with Crippen LogP contribution in [0.4, 0.5) is 11.4 Å². The number of aromatic nitrogens is 2. The number of carbonyl (C=O) groups is 1. The Labute approximate surface area is 151 Å². The first-order valence-electron chi connectivity index (χ1n) is 8.54. The normalized spacial score (nSPS) is 13.2. The largest absolute Gasteiger partial charge is 0.378 e. The smallest absolute Gasteiger partial charge is 0.270 e. The van der Waals surface area contributed by atoms with E-state index in [4.69, 9.17) is 4.74 Å². The second-order valence-corrected chi connectivity index (χ2v) is 6.11. The minimum atomic E-state index is -0.0765. The molecule has 0 atom stereocenters. The maximum absolute atomic E-state index is 12.7. The number of carbonyl (C=O) groups excluding carboxylic acids is 1. The molecule has 3 heterocycles. The highest BCUT2D eigenvalue weighted by Gasteiger charge is 2.30. The third kappa shape index (κ3) is 2.84. The molecule has 2 N–H and O–H groups in total. The molecule has 1 aromatic carbocycles. The maximum atomic E-state index is 12.7. The lowest BCUT2D eigenvalue weighted by Crippen LogP contribution is -2.36. The number of fused-ring (bicyclic) bond motifs is 1. The average Bonchev–Trinajstić information content (AvgIpc) is 2.98. The van der Waals surface area contributed by atoms with Gasteiger partial charge in [-0.1, -0.05) is 18.2 Å². The summed E-state index contributed by atoms with van der Waals surface area (Å²) in [5, 5.41) is 6.40. The first-order chi connectivity index (χ1) is 12.8. The molecule has 0 saturated carbocycles. The van der Waals surface area contributed by atoms with E-state index in [1.165, 1.54) is 0 Å². The number of nitrogens with zero attached hydrogens (tertiary/aromatic N) is 2.